The summed E-state index contributed by atoms with van der Waals surface area (Å²) in [7, 11) is 0. The van der Waals surface area contributed by atoms with Crippen LogP contribution in [0.1, 0.15) is 46.5 Å². The van der Waals surface area contributed by atoms with Gasteiger partial charge >= 0.3 is 5.97 Å². The number of carbonyl (C=O) groups is 1. The molecular weight excluding hydrogens is 260 g/mol. The molecule has 0 spiro atoms. The molecule has 2 fully saturated rings. The average molecular weight is 282 g/mol. The second kappa shape index (κ2) is 3.84. The lowest BCUT2D eigenvalue weighted by molar-refractivity contribution is -0.277. The molecule has 1 aliphatic heterocycles. The molecule has 0 amide bonds. The van der Waals surface area contributed by atoms with E-state index < -0.39 is 28.9 Å². The van der Waals surface area contributed by atoms with E-state index in [1.54, 1.807) is 13.8 Å². The van der Waals surface area contributed by atoms with E-state index in [0.717, 1.165) is 6.42 Å². The van der Waals surface area contributed by atoms with Crippen LogP contribution in [0.3, 0.4) is 0 Å². The summed E-state index contributed by atoms with van der Waals surface area (Å²) in [5.41, 5.74) is -0.784. The lowest BCUT2D eigenvalue weighted by atomic mass is 9.52. The maximum Gasteiger partial charge on any atom is 0.336 e. The lowest BCUT2D eigenvalue weighted by Gasteiger charge is -2.57. The Balaban J connectivity index is 2.12. The first-order valence-corrected chi connectivity index (χ1v) is 7.19. The summed E-state index contributed by atoms with van der Waals surface area (Å²) in [6.45, 7) is 5.24. The van der Waals surface area contributed by atoms with Gasteiger partial charge in [0.25, 0.3) is 5.79 Å². The van der Waals surface area contributed by atoms with Gasteiger partial charge in [-0.1, -0.05) is 6.92 Å². The van der Waals surface area contributed by atoms with E-state index in [4.69, 9.17) is 4.74 Å². The van der Waals surface area contributed by atoms with Crippen LogP contribution < -0.4 is 0 Å². The molecule has 5 nitrogen and oxygen atoms in total. The van der Waals surface area contributed by atoms with Crippen molar-refractivity contribution in [1.82, 2.24) is 0 Å². The third-order valence-electron chi connectivity index (χ3n) is 5.79. The number of rotatable bonds is 0. The fourth-order valence-electron chi connectivity index (χ4n) is 4.51. The Kier molecular flexibility index (Phi) is 2.70. The molecule has 3 N–H and O–H groups in total. The van der Waals surface area contributed by atoms with E-state index in [0.29, 0.717) is 30.4 Å². The highest BCUT2D eigenvalue weighted by atomic mass is 16.7. The van der Waals surface area contributed by atoms with Crippen molar-refractivity contribution >= 4 is 5.97 Å². The molecule has 5 unspecified atom stereocenters. The highest BCUT2D eigenvalue weighted by Crippen LogP contribution is 2.59. The predicted molar refractivity (Wildman–Crippen MR) is 70.4 cm³/mol. The maximum atomic E-state index is 11.7. The second-order valence-electron chi connectivity index (χ2n) is 7.07. The van der Waals surface area contributed by atoms with Crippen LogP contribution in [0.2, 0.25) is 0 Å². The minimum Gasteiger partial charge on any atom is -0.423 e. The smallest absolute Gasteiger partial charge is 0.336 e. The number of aliphatic hydroxyl groups excluding tert-OH is 1. The summed E-state index contributed by atoms with van der Waals surface area (Å²) in [6.07, 6.45) is 1.31. The average Bonchev–Trinajstić information content (AvgIpc) is 2.55. The van der Waals surface area contributed by atoms with Gasteiger partial charge in [-0.15, -0.1) is 0 Å². The molecule has 0 aromatic heterocycles. The molecule has 1 heterocycles. The van der Waals surface area contributed by atoms with Crippen molar-refractivity contribution in [3.63, 3.8) is 0 Å². The Morgan fingerprint density at radius 1 is 1.25 bits per heavy atom. The van der Waals surface area contributed by atoms with E-state index in [-0.39, 0.29) is 5.92 Å². The minimum absolute atomic E-state index is 0.196. The molecule has 2 saturated carbocycles. The Hall–Kier alpha value is -0.910. The van der Waals surface area contributed by atoms with Gasteiger partial charge in [0.15, 0.2) is 0 Å². The summed E-state index contributed by atoms with van der Waals surface area (Å²) in [5.74, 6) is -2.69. The molecule has 5 heteroatoms. The Morgan fingerprint density at radius 2 is 1.90 bits per heavy atom. The highest BCUT2D eigenvalue weighted by Gasteiger charge is 2.66. The normalized spacial score (nSPS) is 51.6. The van der Waals surface area contributed by atoms with Gasteiger partial charge in [0.05, 0.1) is 5.60 Å². The first kappa shape index (κ1) is 14.0. The van der Waals surface area contributed by atoms with Crippen molar-refractivity contribution in [3.8, 4) is 0 Å². The fourth-order valence-corrected chi connectivity index (χ4v) is 4.51. The Bertz CT molecular complexity index is 508. The van der Waals surface area contributed by atoms with Gasteiger partial charge in [0.1, 0.15) is 6.10 Å². The molecule has 0 aromatic carbocycles. The molecule has 0 aromatic rings. The second-order valence-corrected chi connectivity index (χ2v) is 7.07. The summed E-state index contributed by atoms with van der Waals surface area (Å²) < 4.78 is 5.07. The number of fused-ring (bicyclic) bond motifs is 2. The van der Waals surface area contributed by atoms with Gasteiger partial charge in [-0.25, -0.2) is 4.79 Å². The zero-order chi connectivity index (χ0) is 14.9. The maximum absolute atomic E-state index is 11.7. The zero-order valence-electron chi connectivity index (χ0n) is 12.1. The van der Waals surface area contributed by atoms with Crippen molar-refractivity contribution in [3.05, 3.63) is 11.1 Å². The number of aliphatic hydroxyl groups is 3. The first-order valence-electron chi connectivity index (χ1n) is 7.19. The topological polar surface area (TPSA) is 87.0 Å². The van der Waals surface area contributed by atoms with Crippen LogP contribution in [0, 0.1) is 11.3 Å². The van der Waals surface area contributed by atoms with Crippen LogP contribution >= 0.6 is 0 Å². The van der Waals surface area contributed by atoms with Crippen LogP contribution in [-0.2, 0) is 9.53 Å². The third-order valence-corrected chi connectivity index (χ3v) is 5.79. The van der Waals surface area contributed by atoms with Gasteiger partial charge in [0.2, 0.25) is 0 Å². The van der Waals surface area contributed by atoms with Crippen LogP contribution in [0.4, 0.5) is 0 Å². The van der Waals surface area contributed by atoms with Crippen molar-refractivity contribution in [1.29, 1.82) is 0 Å². The van der Waals surface area contributed by atoms with Crippen LogP contribution in [-0.4, -0.2) is 38.8 Å². The summed E-state index contributed by atoms with van der Waals surface area (Å²) in [5, 5.41) is 32.0. The molecule has 20 heavy (non-hydrogen) atoms. The molecule has 0 bridgehead atoms. The van der Waals surface area contributed by atoms with Crippen molar-refractivity contribution < 1.29 is 24.9 Å². The van der Waals surface area contributed by atoms with E-state index in [1.165, 1.54) is 0 Å². The molecule has 3 rings (SSSR count). The van der Waals surface area contributed by atoms with E-state index in [2.05, 4.69) is 0 Å². The van der Waals surface area contributed by atoms with E-state index in [9.17, 15) is 20.1 Å². The molecular formula is C15H22O5. The van der Waals surface area contributed by atoms with E-state index >= 15 is 0 Å². The number of hydrogen-bond acceptors (Lipinski definition) is 5. The highest BCUT2D eigenvalue weighted by molar-refractivity contribution is 5.92. The predicted octanol–water partition coefficient (Wildman–Crippen LogP) is 0.870. The van der Waals surface area contributed by atoms with E-state index in [1.807, 2.05) is 6.92 Å². The van der Waals surface area contributed by atoms with Gasteiger partial charge in [-0.3, -0.25) is 0 Å². The summed E-state index contributed by atoms with van der Waals surface area (Å²) in [6, 6.07) is 0. The van der Waals surface area contributed by atoms with Crippen molar-refractivity contribution in [2.24, 2.45) is 11.3 Å². The number of esters is 1. The van der Waals surface area contributed by atoms with Gasteiger partial charge < -0.3 is 20.1 Å². The molecule has 3 aliphatic rings. The Morgan fingerprint density at radius 3 is 2.55 bits per heavy atom. The van der Waals surface area contributed by atoms with Crippen molar-refractivity contribution in [2.75, 3.05) is 0 Å². The number of hydrogen-bond donors (Lipinski definition) is 3. The SMILES string of the molecule is CC1=C2CC3C(C)(O)CCCC3(C)C(O)C2(O)OC1=O. The number of ether oxygens (including phenoxy) is 1. The molecule has 5 atom stereocenters. The Labute approximate surface area is 118 Å². The van der Waals surface area contributed by atoms with Crippen LogP contribution in [0.25, 0.3) is 0 Å². The monoisotopic (exact) mass is 282 g/mol. The zero-order valence-corrected chi connectivity index (χ0v) is 12.1. The molecule has 0 saturated heterocycles. The van der Waals surface area contributed by atoms with Gasteiger partial charge in [0, 0.05) is 16.6 Å². The van der Waals surface area contributed by atoms with Crippen molar-refractivity contribution in [2.45, 2.75) is 63.9 Å². The van der Waals surface area contributed by atoms with Crippen LogP contribution in [0.15, 0.2) is 11.1 Å². The minimum atomic E-state index is -1.92. The molecule has 0 radical (unpaired) electrons. The molecule has 112 valence electrons. The summed E-state index contributed by atoms with van der Waals surface area (Å²) >= 11 is 0. The number of carbonyl (C=O) groups excluding carboxylic acids is 1. The third kappa shape index (κ3) is 1.51. The largest absolute Gasteiger partial charge is 0.423 e. The lowest BCUT2D eigenvalue weighted by Crippen LogP contribution is -2.64. The van der Waals surface area contributed by atoms with Crippen LogP contribution in [0.5, 0.6) is 0 Å². The quantitative estimate of drug-likeness (QED) is 0.574. The standard InChI is InChI=1S/C15H22O5/c1-8-9-7-10-13(2,5-4-6-14(10,3)18)12(17)15(9,19)20-11(8)16/h10,12,17-19H,4-7H2,1-3H3. The van der Waals surface area contributed by atoms with Gasteiger partial charge in [-0.05, 0) is 45.4 Å². The fraction of sp³-hybridized carbons (Fsp3) is 0.800. The first-order chi connectivity index (χ1) is 9.13. The van der Waals surface area contributed by atoms with Gasteiger partial charge in [-0.2, -0.15) is 0 Å². The molecule has 2 aliphatic carbocycles. The summed E-state index contributed by atoms with van der Waals surface area (Å²) in [4.78, 5) is 11.7.